The predicted molar refractivity (Wildman–Crippen MR) is 105 cm³/mol. The molecule has 1 aromatic carbocycles. The normalized spacial score (nSPS) is 16.1. The highest BCUT2D eigenvalue weighted by Gasteiger charge is 2.30. The van der Waals surface area contributed by atoms with Gasteiger partial charge in [0, 0.05) is 46.4 Å². The first-order valence-electron chi connectivity index (χ1n) is 9.28. The molecule has 1 aliphatic heterocycles. The van der Waals surface area contributed by atoms with Crippen LogP contribution in [0.2, 0.25) is 0 Å². The molecule has 0 aliphatic carbocycles. The first-order chi connectivity index (χ1) is 12.8. The van der Waals surface area contributed by atoms with Crippen LogP contribution in [0, 0.1) is 13.8 Å². The molecule has 0 radical (unpaired) electrons. The van der Waals surface area contributed by atoms with Crippen molar-refractivity contribution in [2.24, 2.45) is 0 Å². The number of rotatable bonds is 8. The molecule has 0 N–H and O–H groups in total. The minimum atomic E-state index is -3.52. The highest BCUT2D eigenvalue weighted by molar-refractivity contribution is 7.89. The van der Waals surface area contributed by atoms with Gasteiger partial charge in [-0.3, -0.25) is 9.69 Å². The minimum absolute atomic E-state index is 0.0399. The highest BCUT2D eigenvalue weighted by atomic mass is 32.2. The van der Waals surface area contributed by atoms with E-state index in [4.69, 9.17) is 4.74 Å². The zero-order chi connectivity index (χ0) is 20.0. The van der Waals surface area contributed by atoms with Gasteiger partial charge in [-0.15, -0.1) is 0 Å². The molecule has 0 atom stereocenters. The summed E-state index contributed by atoms with van der Waals surface area (Å²) in [6.45, 7) is 7.19. The summed E-state index contributed by atoms with van der Waals surface area (Å²) >= 11 is 0. The Morgan fingerprint density at radius 1 is 1.15 bits per heavy atom. The van der Waals surface area contributed by atoms with Gasteiger partial charge in [0.2, 0.25) is 15.9 Å². The number of piperazine rings is 1. The van der Waals surface area contributed by atoms with Crippen LogP contribution in [0.3, 0.4) is 0 Å². The highest BCUT2D eigenvalue weighted by Crippen LogP contribution is 2.20. The van der Waals surface area contributed by atoms with E-state index < -0.39 is 10.0 Å². The molecule has 1 aliphatic rings. The smallest absolute Gasteiger partial charge is 0.243 e. The molecular weight excluding hydrogens is 366 g/mol. The molecule has 0 saturated carbocycles. The number of ether oxygens (including phenoxy) is 1. The molecule has 0 bridgehead atoms. The van der Waals surface area contributed by atoms with E-state index in [9.17, 15) is 13.2 Å². The maximum Gasteiger partial charge on any atom is 0.243 e. The van der Waals surface area contributed by atoms with Gasteiger partial charge in [0.25, 0.3) is 0 Å². The number of nitrogens with zero attached hydrogens (tertiary/aromatic N) is 3. The van der Waals surface area contributed by atoms with Gasteiger partial charge in [0.15, 0.2) is 0 Å². The summed E-state index contributed by atoms with van der Waals surface area (Å²) in [5.74, 6) is 0.0399. The molecule has 0 unspecified atom stereocenters. The van der Waals surface area contributed by atoms with Crippen LogP contribution in [0.25, 0.3) is 0 Å². The van der Waals surface area contributed by atoms with Crippen molar-refractivity contribution in [1.82, 2.24) is 14.1 Å². The topological polar surface area (TPSA) is 70.2 Å². The van der Waals surface area contributed by atoms with Crippen molar-refractivity contribution < 1.29 is 17.9 Å². The molecule has 8 heteroatoms. The number of amides is 1. The van der Waals surface area contributed by atoms with Crippen LogP contribution in [-0.2, 0) is 19.6 Å². The molecule has 1 heterocycles. The number of aryl methyl sites for hydroxylation is 2. The fraction of sp³-hybridized carbons (Fsp3) is 0.632. The molecule has 152 valence electrons. The average molecular weight is 398 g/mol. The molecule has 1 saturated heterocycles. The standard InChI is InChI=1S/C19H31N3O4S/c1-16-6-7-18(14-17(16)2)27(24,25)22-11-9-21(10-12-22)19(23)15-20(3)8-5-13-26-4/h6-7,14H,5,8-13,15H2,1-4H3. The summed E-state index contributed by atoms with van der Waals surface area (Å²) < 4.78 is 32.2. The van der Waals surface area contributed by atoms with Crippen molar-refractivity contribution in [1.29, 1.82) is 0 Å². The van der Waals surface area contributed by atoms with Gasteiger partial charge in [-0.2, -0.15) is 4.31 Å². The summed E-state index contributed by atoms with van der Waals surface area (Å²) in [7, 11) is 0.0567. The van der Waals surface area contributed by atoms with Crippen LogP contribution in [0.15, 0.2) is 23.1 Å². The van der Waals surface area contributed by atoms with Crippen molar-refractivity contribution in [3.63, 3.8) is 0 Å². The molecule has 7 nitrogen and oxygen atoms in total. The van der Waals surface area contributed by atoms with E-state index in [0.29, 0.717) is 44.2 Å². The summed E-state index contributed by atoms with van der Waals surface area (Å²) in [6.07, 6.45) is 0.877. The summed E-state index contributed by atoms with van der Waals surface area (Å²) in [6, 6.07) is 5.21. The SMILES string of the molecule is COCCCN(C)CC(=O)N1CCN(S(=O)(=O)c2ccc(C)c(C)c2)CC1. The van der Waals surface area contributed by atoms with Crippen LogP contribution in [0.5, 0.6) is 0 Å². The number of hydrogen-bond donors (Lipinski definition) is 0. The number of benzene rings is 1. The van der Waals surface area contributed by atoms with Gasteiger partial charge in [0.1, 0.15) is 0 Å². The number of carbonyl (C=O) groups excluding carboxylic acids is 1. The van der Waals surface area contributed by atoms with Crippen molar-refractivity contribution in [3.8, 4) is 0 Å². The lowest BCUT2D eigenvalue weighted by Gasteiger charge is -2.34. The van der Waals surface area contributed by atoms with Crippen LogP contribution >= 0.6 is 0 Å². The second-order valence-corrected chi connectivity index (χ2v) is 9.05. The zero-order valence-corrected chi connectivity index (χ0v) is 17.6. The van der Waals surface area contributed by atoms with Gasteiger partial charge in [-0.1, -0.05) is 6.07 Å². The predicted octanol–water partition coefficient (Wildman–Crippen LogP) is 1.10. The van der Waals surface area contributed by atoms with Crippen LogP contribution in [0.4, 0.5) is 0 Å². The van der Waals surface area contributed by atoms with E-state index >= 15 is 0 Å². The van der Waals surface area contributed by atoms with E-state index in [2.05, 4.69) is 0 Å². The van der Waals surface area contributed by atoms with Crippen molar-refractivity contribution >= 4 is 15.9 Å². The maximum atomic E-state index is 12.9. The van der Waals surface area contributed by atoms with Crippen molar-refractivity contribution in [2.75, 3.05) is 60.0 Å². The molecule has 0 spiro atoms. The van der Waals surface area contributed by atoms with E-state index in [-0.39, 0.29) is 5.91 Å². The van der Waals surface area contributed by atoms with Crippen molar-refractivity contribution in [2.45, 2.75) is 25.2 Å². The molecule has 2 rings (SSSR count). The minimum Gasteiger partial charge on any atom is -0.385 e. The molecule has 0 aromatic heterocycles. The van der Waals surface area contributed by atoms with Crippen LogP contribution in [0.1, 0.15) is 17.5 Å². The second kappa shape index (κ2) is 9.64. The molecule has 1 fully saturated rings. The van der Waals surface area contributed by atoms with Gasteiger partial charge in [-0.25, -0.2) is 8.42 Å². The fourth-order valence-corrected chi connectivity index (χ4v) is 4.60. The van der Waals surface area contributed by atoms with Crippen molar-refractivity contribution in [3.05, 3.63) is 29.3 Å². The lowest BCUT2D eigenvalue weighted by atomic mass is 10.1. The molecule has 27 heavy (non-hydrogen) atoms. The fourth-order valence-electron chi connectivity index (χ4n) is 3.09. The van der Waals surface area contributed by atoms with Crippen LogP contribution < -0.4 is 0 Å². The lowest BCUT2D eigenvalue weighted by molar-refractivity contribution is -0.133. The summed E-state index contributed by atoms with van der Waals surface area (Å²) in [5, 5.41) is 0. The number of hydrogen-bond acceptors (Lipinski definition) is 5. The Bertz CT molecular complexity index is 743. The maximum absolute atomic E-state index is 12.9. The quantitative estimate of drug-likeness (QED) is 0.615. The first kappa shape index (κ1) is 21.8. The first-order valence-corrected chi connectivity index (χ1v) is 10.7. The second-order valence-electron chi connectivity index (χ2n) is 7.12. The van der Waals surface area contributed by atoms with E-state index in [1.54, 1.807) is 24.1 Å². The third-order valence-corrected chi connectivity index (χ3v) is 6.90. The Balaban J connectivity index is 1.90. The molecular formula is C19H31N3O4S. The molecule has 1 amide bonds. The van der Waals surface area contributed by atoms with Gasteiger partial charge in [0.05, 0.1) is 11.4 Å². The Kier molecular flexibility index (Phi) is 7.79. The Labute approximate surface area is 162 Å². The lowest BCUT2D eigenvalue weighted by Crippen LogP contribution is -2.52. The number of likely N-dealkylation sites (N-methyl/N-ethyl adjacent to an activating group) is 1. The van der Waals surface area contributed by atoms with E-state index in [1.807, 2.05) is 31.9 Å². The zero-order valence-electron chi connectivity index (χ0n) is 16.8. The Hall–Kier alpha value is -1.48. The van der Waals surface area contributed by atoms with Gasteiger partial charge in [-0.05, 0) is 50.6 Å². The Morgan fingerprint density at radius 2 is 1.81 bits per heavy atom. The van der Waals surface area contributed by atoms with Crippen LogP contribution in [-0.4, -0.2) is 88.5 Å². The van der Waals surface area contributed by atoms with Gasteiger partial charge < -0.3 is 9.64 Å². The number of sulfonamides is 1. The number of carbonyl (C=O) groups is 1. The number of methoxy groups -OCH3 is 1. The Morgan fingerprint density at radius 3 is 2.41 bits per heavy atom. The summed E-state index contributed by atoms with van der Waals surface area (Å²) in [5.41, 5.74) is 2.03. The van der Waals surface area contributed by atoms with E-state index in [1.165, 1.54) is 4.31 Å². The monoisotopic (exact) mass is 397 g/mol. The molecule has 1 aromatic rings. The third-order valence-electron chi connectivity index (χ3n) is 5.00. The van der Waals surface area contributed by atoms with E-state index in [0.717, 1.165) is 24.1 Å². The third kappa shape index (κ3) is 5.75. The summed E-state index contributed by atoms with van der Waals surface area (Å²) in [4.78, 5) is 16.5. The average Bonchev–Trinajstić information content (AvgIpc) is 2.64. The van der Waals surface area contributed by atoms with Gasteiger partial charge >= 0.3 is 0 Å². The largest absolute Gasteiger partial charge is 0.385 e.